The number of carbonyl (C=O) groups excluding carboxylic acids is 1. The van der Waals surface area contributed by atoms with Gasteiger partial charge in [-0.2, -0.15) is 0 Å². The fourth-order valence-electron chi connectivity index (χ4n) is 3.75. The summed E-state index contributed by atoms with van der Waals surface area (Å²) >= 11 is 0. The first-order valence-corrected chi connectivity index (χ1v) is 14.2. The van der Waals surface area contributed by atoms with Crippen LogP contribution in [0.15, 0.2) is 12.2 Å². The van der Waals surface area contributed by atoms with Crippen molar-refractivity contribution < 1.29 is 21.9 Å². The molecule has 0 saturated heterocycles. The van der Waals surface area contributed by atoms with Crippen LogP contribution in [-0.4, -0.2) is 37.2 Å². The van der Waals surface area contributed by atoms with E-state index in [2.05, 4.69) is 27.4 Å². The standard InChI is InChI=1S/C24H48O2P.ClH/c1-6-9-12-15-19-27(20-16-13-10-7-2,21-17-14-11-8-3)22-18-26-24(25)23(4)5;/h4,6-22H2,1-3,5H3;1H/q+1;/p-1. The average molecular weight is 435 g/mol. The van der Waals surface area contributed by atoms with Gasteiger partial charge in [-0.3, -0.25) is 0 Å². The number of ether oxygens (including phenoxy) is 1. The van der Waals surface area contributed by atoms with Crippen molar-refractivity contribution in [3.63, 3.8) is 0 Å². The first-order chi connectivity index (χ1) is 13.0. The van der Waals surface area contributed by atoms with E-state index in [4.69, 9.17) is 4.74 Å². The molecule has 0 aliphatic heterocycles. The van der Waals surface area contributed by atoms with Gasteiger partial charge in [0.25, 0.3) is 0 Å². The van der Waals surface area contributed by atoms with Gasteiger partial charge < -0.3 is 17.1 Å². The van der Waals surface area contributed by atoms with Crippen LogP contribution in [0.5, 0.6) is 0 Å². The van der Waals surface area contributed by atoms with Gasteiger partial charge in [0.2, 0.25) is 0 Å². The molecule has 0 aliphatic carbocycles. The lowest BCUT2D eigenvalue weighted by molar-refractivity contribution is -0.138. The Bertz CT molecular complexity index is 354. The Kier molecular flexibility index (Phi) is 21.7. The molecule has 0 heterocycles. The highest BCUT2D eigenvalue weighted by Crippen LogP contribution is 2.60. The summed E-state index contributed by atoms with van der Waals surface area (Å²) in [7, 11) is -1.01. The van der Waals surface area contributed by atoms with E-state index >= 15 is 0 Å². The summed E-state index contributed by atoms with van der Waals surface area (Å²) in [4.78, 5) is 11.8. The van der Waals surface area contributed by atoms with Crippen molar-refractivity contribution >= 4 is 13.2 Å². The van der Waals surface area contributed by atoms with Crippen LogP contribution < -0.4 is 12.4 Å². The molecule has 0 fully saturated rings. The van der Waals surface area contributed by atoms with Crippen molar-refractivity contribution in [1.82, 2.24) is 0 Å². The van der Waals surface area contributed by atoms with E-state index in [1.807, 2.05) is 0 Å². The van der Waals surface area contributed by atoms with E-state index in [9.17, 15) is 4.79 Å². The number of hydrogen-bond donors (Lipinski definition) is 0. The van der Waals surface area contributed by atoms with E-state index in [1.165, 1.54) is 95.5 Å². The average Bonchev–Trinajstić information content (AvgIpc) is 2.65. The quantitative estimate of drug-likeness (QED) is 0.125. The highest BCUT2D eigenvalue weighted by Gasteiger charge is 2.35. The second-order valence-electron chi connectivity index (χ2n) is 8.33. The van der Waals surface area contributed by atoms with E-state index in [-0.39, 0.29) is 18.4 Å². The third-order valence-corrected chi connectivity index (χ3v) is 10.5. The number of halogens is 1. The molecule has 0 atom stereocenters. The van der Waals surface area contributed by atoms with E-state index in [0.717, 1.165) is 6.16 Å². The predicted octanol–water partition coefficient (Wildman–Crippen LogP) is 4.87. The Morgan fingerprint density at radius 1 is 0.714 bits per heavy atom. The molecule has 0 bridgehead atoms. The van der Waals surface area contributed by atoms with Gasteiger partial charge in [0.05, 0.1) is 24.6 Å². The van der Waals surface area contributed by atoms with Gasteiger partial charge in [-0.05, 0) is 45.4 Å². The summed E-state index contributed by atoms with van der Waals surface area (Å²) in [5.74, 6) is -0.212. The lowest BCUT2D eigenvalue weighted by Crippen LogP contribution is -3.00. The van der Waals surface area contributed by atoms with Gasteiger partial charge in [-0.15, -0.1) is 0 Å². The maximum atomic E-state index is 11.8. The molecule has 0 saturated carbocycles. The molecule has 2 nitrogen and oxygen atoms in total. The van der Waals surface area contributed by atoms with Crippen LogP contribution in [0.1, 0.15) is 105 Å². The van der Waals surface area contributed by atoms with Crippen molar-refractivity contribution in [3.8, 4) is 0 Å². The molecule has 168 valence electrons. The predicted molar refractivity (Wildman–Crippen MR) is 125 cm³/mol. The van der Waals surface area contributed by atoms with Crippen LogP contribution in [0.3, 0.4) is 0 Å². The number of esters is 1. The largest absolute Gasteiger partial charge is 1.00 e. The van der Waals surface area contributed by atoms with Crippen LogP contribution in [-0.2, 0) is 9.53 Å². The van der Waals surface area contributed by atoms with Crippen LogP contribution in [0.2, 0.25) is 0 Å². The van der Waals surface area contributed by atoms with E-state index in [0.29, 0.717) is 12.2 Å². The van der Waals surface area contributed by atoms with Crippen molar-refractivity contribution in [1.29, 1.82) is 0 Å². The molecule has 0 aromatic heterocycles. The zero-order chi connectivity index (χ0) is 20.4. The van der Waals surface area contributed by atoms with Crippen molar-refractivity contribution in [2.24, 2.45) is 0 Å². The van der Waals surface area contributed by atoms with Gasteiger partial charge in [-0.1, -0.05) is 65.9 Å². The molecule has 0 N–H and O–H groups in total. The molecule has 0 aromatic carbocycles. The van der Waals surface area contributed by atoms with Crippen LogP contribution in [0.4, 0.5) is 0 Å². The minimum atomic E-state index is -1.01. The fourth-order valence-corrected chi connectivity index (χ4v) is 8.25. The lowest BCUT2D eigenvalue weighted by Gasteiger charge is -2.28. The summed E-state index contributed by atoms with van der Waals surface area (Å²) in [5.41, 5.74) is 0.521. The zero-order valence-corrected chi connectivity index (χ0v) is 21.0. The topological polar surface area (TPSA) is 26.3 Å². The van der Waals surface area contributed by atoms with E-state index < -0.39 is 7.26 Å². The number of unbranched alkanes of at least 4 members (excludes halogenated alkanes) is 9. The highest BCUT2D eigenvalue weighted by atomic mass is 35.5. The van der Waals surface area contributed by atoms with Crippen molar-refractivity contribution in [3.05, 3.63) is 12.2 Å². The van der Waals surface area contributed by atoms with Gasteiger partial charge in [-0.25, -0.2) is 4.79 Å². The molecule has 0 spiro atoms. The molecular weight excluding hydrogens is 387 g/mol. The molecule has 28 heavy (non-hydrogen) atoms. The minimum absolute atomic E-state index is 0. The Hall–Kier alpha value is -0.0700. The Labute approximate surface area is 183 Å². The summed E-state index contributed by atoms with van der Waals surface area (Å²) in [5, 5.41) is 0. The van der Waals surface area contributed by atoms with Crippen molar-refractivity contribution in [2.45, 2.75) is 105 Å². The van der Waals surface area contributed by atoms with Crippen LogP contribution in [0, 0.1) is 0 Å². The minimum Gasteiger partial charge on any atom is -1.00 e. The van der Waals surface area contributed by atoms with Gasteiger partial charge >= 0.3 is 5.97 Å². The van der Waals surface area contributed by atoms with Gasteiger partial charge in [0, 0.05) is 12.8 Å². The number of carbonyl (C=O) groups is 1. The summed E-state index contributed by atoms with van der Waals surface area (Å²) in [6.07, 6.45) is 21.6. The van der Waals surface area contributed by atoms with Crippen LogP contribution in [0.25, 0.3) is 0 Å². The third kappa shape index (κ3) is 15.8. The summed E-state index contributed by atoms with van der Waals surface area (Å²) < 4.78 is 5.53. The zero-order valence-electron chi connectivity index (χ0n) is 19.4. The van der Waals surface area contributed by atoms with Gasteiger partial charge in [0.15, 0.2) is 0 Å². The van der Waals surface area contributed by atoms with Crippen LogP contribution >= 0.6 is 7.26 Å². The molecular formula is C24H48ClO2P. The molecule has 0 rings (SSSR count). The normalized spacial score (nSPS) is 11.1. The summed E-state index contributed by atoms with van der Waals surface area (Å²) in [6.45, 7) is 12.9. The maximum Gasteiger partial charge on any atom is 0.333 e. The Balaban J connectivity index is 0. The molecule has 0 unspecified atom stereocenters. The number of hydrogen-bond acceptors (Lipinski definition) is 2. The molecule has 0 aromatic rings. The molecule has 0 amide bonds. The molecule has 0 aliphatic rings. The SMILES string of the molecule is C=C(C)C(=O)OCC[P+](CCCCCC)(CCCCCC)CCCCCC.[Cl-]. The lowest BCUT2D eigenvalue weighted by atomic mass is 10.2. The smallest absolute Gasteiger partial charge is 0.333 e. The Morgan fingerprint density at radius 3 is 1.43 bits per heavy atom. The maximum absolute atomic E-state index is 11.8. The first-order valence-electron chi connectivity index (χ1n) is 11.7. The molecule has 4 heteroatoms. The Morgan fingerprint density at radius 2 is 1.11 bits per heavy atom. The van der Waals surface area contributed by atoms with Gasteiger partial charge in [0.1, 0.15) is 6.61 Å². The second-order valence-corrected chi connectivity index (χ2v) is 12.8. The third-order valence-electron chi connectivity index (χ3n) is 5.61. The monoisotopic (exact) mass is 434 g/mol. The fraction of sp³-hybridized carbons (Fsp3) is 0.875. The number of rotatable bonds is 19. The highest BCUT2D eigenvalue weighted by molar-refractivity contribution is 7.75. The van der Waals surface area contributed by atoms with Crippen molar-refractivity contribution in [2.75, 3.05) is 31.3 Å². The second kappa shape index (κ2) is 20.2. The molecule has 0 radical (unpaired) electrons. The van der Waals surface area contributed by atoms with E-state index in [1.54, 1.807) is 6.92 Å². The summed E-state index contributed by atoms with van der Waals surface area (Å²) in [6, 6.07) is 0. The first kappa shape index (κ1) is 30.1.